The van der Waals surface area contributed by atoms with E-state index in [1.807, 2.05) is 20.8 Å². The molecule has 1 rings (SSSR count). The third kappa shape index (κ3) is 6.12. The summed E-state index contributed by atoms with van der Waals surface area (Å²) >= 11 is 0. The molecule has 1 aliphatic heterocycles. The number of piperidine rings is 1. The summed E-state index contributed by atoms with van der Waals surface area (Å²) in [6.45, 7) is 11.4. The first-order valence-corrected chi connectivity index (χ1v) is 7.85. The lowest BCUT2D eigenvalue weighted by atomic mass is 9.88. The quantitative estimate of drug-likeness (QED) is 0.861. The first kappa shape index (κ1) is 17.3. The fraction of sp³-hybridized carbons (Fsp3) is 0.938. The van der Waals surface area contributed by atoms with Gasteiger partial charge in [0.25, 0.3) is 0 Å². The number of hydrogen-bond donors (Lipinski definition) is 1. The Labute approximate surface area is 123 Å². The molecule has 0 spiro atoms. The predicted molar refractivity (Wildman–Crippen MR) is 80.6 cm³/mol. The molecule has 1 aliphatic rings. The largest absolute Gasteiger partial charge is 0.444 e. The highest BCUT2D eigenvalue weighted by atomic mass is 16.6. The second kappa shape index (κ2) is 7.30. The van der Waals surface area contributed by atoms with Crippen LogP contribution < -0.4 is 0 Å². The highest BCUT2D eigenvalue weighted by Gasteiger charge is 2.29. The summed E-state index contributed by atoms with van der Waals surface area (Å²) in [6, 6.07) is 0. The van der Waals surface area contributed by atoms with Gasteiger partial charge in [-0.15, -0.1) is 0 Å². The van der Waals surface area contributed by atoms with Crippen molar-refractivity contribution in [2.75, 3.05) is 13.1 Å². The van der Waals surface area contributed by atoms with Crippen LogP contribution in [0.4, 0.5) is 4.79 Å². The SMILES string of the molecule is CC(C)CCC(O)C1CCN(C(=O)OC(C)(C)C)CC1. The summed E-state index contributed by atoms with van der Waals surface area (Å²) in [5, 5.41) is 10.2. The van der Waals surface area contributed by atoms with E-state index >= 15 is 0 Å². The summed E-state index contributed by atoms with van der Waals surface area (Å²) < 4.78 is 5.38. The van der Waals surface area contributed by atoms with Gasteiger partial charge >= 0.3 is 6.09 Å². The van der Waals surface area contributed by atoms with Crippen LogP contribution in [0.2, 0.25) is 0 Å². The summed E-state index contributed by atoms with van der Waals surface area (Å²) in [5.74, 6) is 0.957. The van der Waals surface area contributed by atoms with Crippen LogP contribution in [0.5, 0.6) is 0 Å². The van der Waals surface area contributed by atoms with Gasteiger partial charge in [0, 0.05) is 13.1 Å². The fourth-order valence-electron chi connectivity index (χ4n) is 2.53. The van der Waals surface area contributed by atoms with Crippen molar-refractivity contribution in [3.05, 3.63) is 0 Å². The van der Waals surface area contributed by atoms with Gasteiger partial charge in [-0.2, -0.15) is 0 Å². The maximum atomic E-state index is 11.9. The van der Waals surface area contributed by atoms with Gasteiger partial charge in [-0.1, -0.05) is 13.8 Å². The Morgan fingerprint density at radius 1 is 1.25 bits per heavy atom. The fourth-order valence-corrected chi connectivity index (χ4v) is 2.53. The highest BCUT2D eigenvalue weighted by Crippen LogP contribution is 2.25. The lowest BCUT2D eigenvalue weighted by Gasteiger charge is -2.35. The number of amides is 1. The predicted octanol–water partition coefficient (Wildman–Crippen LogP) is 3.43. The summed E-state index contributed by atoms with van der Waals surface area (Å²) in [6.07, 6.45) is 3.23. The molecule has 1 fully saturated rings. The Kier molecular flexibility index (Phi) is 6.31. The monoisotopic (exact) mass is 285 g/mol. The molecular formula is C16H31NO3. The molecule has 20 heavy (non-hydrogen) atoms. The van der Waals surface area contributed by atoms with Gasteiger partial charge in [0.1, 0.15) is 5.60 Å². The number of likely N-dealkylation sites (tertiary alicyclic amines) is 1. The van der Waals surface area contributed by atoms with E-state index in [9.17, 15) is 9.90 Å². The molecule has 1 unspecified atom stereocenters. The van der Waals surface area contributed by atoms with Gasteiger partial charge in [0.15, 0.2) is 0 Å². The third-order valence-corrected chi connectivity index (χ3v) is 3.78. The Balaban J connectivity index is 2.34. The normalized spacial score (nSPS) is 19.2. The van der Waals surface area contributed by atoms with Crippen molar-refractivity contribution >= 4 is 6.09 Å². The molecule has 1 amide bonds. The number of aliphatic hydroxyl groups is 1. The Bertz CT molecular complexity index is 301. The molecule has 1 heterocycles. The van der Waals surface area contributed by atoms with E-state index in [1.165, 1.54) is 0 Å². The molecule has 0 radical (unpaired) electrons. The van der Waals surface area contributed by atoms with Crippen LogP contribution in [-0.2, 0) is 4.74 Å². The number of carbonyl (C=O) groups is 1. The molecule has 0 bridgehead atoms. The zero-order valence-electron chi connectivity index (χ0n) is 13.7. The van der Waals surface area contributed by atoms with Gasteiger partial charge < -0.3 is 14.7 Å². The molecule has 4 heteroatoms. The number of rotatable bonds is 4. The van der Waals surface area contributed by atoms with Crippen LogP contribution in [-0.4, -0.2) is 40.9 Å². The lowest BCUT2D eigenvalue weighted by Crippen LogP contribution is -2.43. The maximum Gasteiger partial charge on any atom is 0.410 e. The van der Waals surface area contributed by atoms with Crippen molar-refractivity contribution in [2.24, 2.45) is 11.8 Å². The molecule has 1 N–H and O–H groups in total. The van der Waals surface area contributed by atoms with Crippen LogP contribution >= 0.6 is 0 Å². The smallest absolute Gasteiger partial charge is 0.410 e. The third-order valence-electron chi connectivity index (χ3n) is 3.78. The van der Waals surface area contributed by atoms with Crippen LogP contribution in [0.15, 0.2) is 0 Å². The molecule has 0 aromatic rings. The minimum absolute atomic E-state index is 0.224. The second-order valence-corrected chi connectivity index (χ2v) is 7.34. The topological polar surface area (TPSA) is 49.8 Å². The van der Waals surface area contributed by atoms with Gasteiger partial charge in [0.2, 0.25) is 0 Å². The molecule has 1 saturated heterocycles. The Morgan fingerprint density at radius 2 is 1.80 bits per heavy atom. The molecule has 1 atom stereocenters. The molecular weight excluding hydrogens is 254 g/mol. The number of carbonyl (C=O) groups excluding carboxylic acids is 1. The molecule has 0 aliphatic carbocycles. The minimum atomic E-state index is -0.440. The molecule has 0 aromatic heterocycles. The van der Waals surface area contributed by atoms with E-state index in [1.54, 1.807) is 4.90 Å². The van der Waals surface area contributed by atoms with Crippen molar-refractivity contribution in [3.63, 3.8) is 0 Å². The van der Waals surface area contributed by atoms with Gasteiger partial charge in [-0.05, 0) is 58.3 Å². The van der Waals surface area contributed by atoms with E-state index < -0.39 is 5.60 Å². The molecule has 118 valence electrons. The Hall–Kier alpha value is -0.770. The zero-order chi connectivity index (χ0) is 15.3. The molecule has 0 aromatic carbocycles. The van der Waals surface area contributed by atoms with Gasteiger partial charge in [0.05, 0.1) is 6.10 Å². The number of nitrogens with zero attached hydrogens (tertiary/aromatic N) is 1. The number of hydrogen-bond acceptors (Lipinski definition) is 3. The van der Waals surface area contributed by atoms with E-state index in [0.717, 1.165) is 25.7 Å². The van der Waals surface area contributed by atoms with Crippen molar-refractivity contribution in [3.8, 4) is 0 Å². The molecule has 4 nitrogen and oxygen atoms in total. The highest BCUT2D eigenvalue weighted by molar-refractivity contribution is 5.68. The van der Waals surface area contributed by atoms with Crippen LogP contribution in [0.25, 0.3) is 0 Å². The van der Waals surface area contributed by atoms with Crippen LogP contribution in [0.3, 0.4) is 0 Å². The maximum absolute atomic E-state index is 11.9. The average Bonchev–Trinajstić information content (AvgIpc) is 2.34. The van der Waals surface area contributed by atoms with E-state index in [-0.39, 0.29) is 12.2 Å². The van der Waals surface area contributed by atoms with E-state index in [4.69, 9.17) is 4.74 Å². The van der Waals surface area contributed by atoms with Crippen LogP contribution in [0.1, 0.15) is 60.3 Å². The summed E-state index contributed by atoms with van der Waals surface area (Å²) in [5.41, 5.74) is -0.440. The zero-order valence-corrected chi connectivity index (χ0v) is 13.7. The summed E-state index contributed by atoms with van der Waals surface area (Å²) in [7, 11) is 0. The molecule has 0 saturated carbocycles. The number of aliphatic hydroxyl groups excluding tert-OH is 1. The second-order valence-electron chi connectivity index (χ2n) is 7.34. The van der Waals surface area contributed by atoms with E-state index in [0.29, 0.717) is 24.9 Å². The number of ether oxygens (including phenoxy) is 1. The minimum Gasteiger partial charge on any atom is -0.444 e. The first-order chi connectivity index (χ1) is 9.19. The lowest BCUT2D eigenvalue weighted by molar-refractivity contribution is 0.00624. The Morgan fingerprint density at radius 3 is 2.25 bits per heavy atom. The average molecular weight is 285 g/mol. The first-order valence-electron chi connectivity index (χ1n) is 7.85. The van der Waals surface area contributed by atoms with Crippen molar-refractivity contribution in [1.29, 1.82) is 0 Å². The van der Waals surface area contributed by atoms with Crippen molar-refractivity contribution in [2.45, 2.75) is 72.0 Å². The standard InChI is InChI=1S/C16H31NO3/c1-12(2)6-7-14(18)13-8-10-17(11-9-13)15(19)20-16(3,4)5/h12-14,18H,6-11H2,1-5H3. The van der Waals surface area contributed by atoms with Gasteiger partial charge in [-0.3, -0.25) is 0 Å². The summed E-state index contributed by atoms with van der Waals surface area (Å²) in [4.78, 5) is 13.7. The van der Waals surface area contributed by atoms with Gasteiger partial charge in [-0.25, -0.2) is 4.79 Å². The van der Waals surface area contributed by atoms with E-state index in [2.05, 4.69) is 13.8 Å². The van der Waals surface area contributed by atoms with Crippen molar-refractivity contribution < 1.29 is 14.6 Å². The van der Waals surface area contributed by atoms with Crippen molar-refractivity contribution in [1.82, 2.24) is 4.90 Å². The van der Waals surface area contributed by atoms with Crippen LogP contribution in [0, 0.1) is 11.8 Å².